The molecule has 0 radical (unpaired) electrons. The van der Waals surface area contributed by atoms with Crippen LogP contribution >= 0.6 is 0 Å². The van der Waals surface area contributed by atoms with E-state index in [1.807, 2.05) is 0 Å². The second-order valence-electron chi connectivity index (χ2n) is 4.43. The van der Waals surface area contributed by atoms with E-state index in [1.54, 1.807) is 6.92 Å². The van der Waals surface area contributed by atoms with Crippen LogP contribution in [0.3, 0.4) is 0 Å². The van der Waals surface area contributed by atoms with E-state index >= 15 is 0 Å². The minimum absolute atomic E-state index is 0.195. The molecule has 1 saturated carbocycles. The van der Waals surface area contributed by atoms with Crippen molar-refractivity contribution in [3.05, 3.63) is 12.2 Å². The number of carbonyl (C=O) groups is 4. The molecule has 6 nitrogen and oxygen atoms in total. The Balaban J connectivity index is 3.00. The summed E-state index contributed by atoms with van der Waals surface area (Å²) in [6.45, 7) is 4.21. The quantitative estimate of drug-likeness (QED) is 0.430. The highest BCUT2D eigenvalue weighted by Crippen LogP contribution is 2.60. The van der Waals surface area contributed by atoms with Crippen molar-refractivity contribution in [3.63, 3.8) is 0 Å². The molecule has 0 saturated heterocycles. The molecule has 0 aromatic heterocycles. The molecule has 1 rings (SSSR count). The predicted octanol–water partition coefficient (Wildman–Crippen LogP) is 0.601. The van der Waals surface area contributed by atoms with E-state index in [1.165, 1.54) is 19.9 Å². The van der Waals surface area contributed by atoms with E-state index < -0.39 is 40.8 Å². The number of allylic oxidation sites excluding steroid dienone is 1. The molecule has 104 valence electrons. The van der Waals surface area contributed by atoms with Gasteiger partial charge in [0.15, 0.2) is 0 Å². The van der Waals surface area contributed by atoms with Gasteiger partial charge in [0.25, 0.3) is 0 Å². The van der Waals surface area contributed by atoms with Gasteiger partial charge in [0.2, 0.25) is 0 Å². The van der Waals surface area contributed by atoms with Gasteiger partial charge in [-0.25, -0.2) is 4.79 Å². The average Bonchev–Trinajstić information content (AvgIpc) is 2.97. The number of esters is 1. The maximum Gasteiger partial charge on any atom is 0.330 e. The number of ketones is 2. The Morgan fingerprint density at radius 2 is 1.74 bits per heavy atom. The van der Waals surface area contributed by atoms with Crippen LogP contribution in [0.4, 0.5) is 0 Å². The summed E-state index contributed by atoms with van der Waals surface area (Å²) in [6, 6.07) is 0. The highest BCUT2D eigenvalue weighted by Gasteiger charge is 2.73. The van der Waals surface area contributed by atoms with E-state index in [4.69, 9.17) is 5.11 Å². The summed E-state index contributed by atoms with van der Waals surface area (Å²) in [6.07, 6.45) is 2.34. The van der Waals surface area contributed by atoms with Gasteiger partial charge in [-0.2, -0.15) is 0 Å². The number of hydrogen-bond donors (Lipinski definition) is 1. The highest BCUT2D eigenvalue weighted by atomic mass is 16.5. The normalized spacial score (nSPS) is 23.9. The number of Topliss-reactive ketones (excluding diaryl/α,β-unsaturated/α-hetero) is 2. The summed E-state index contributed by atoms with van der Waals surface area (Å²) in [7, 11) is 0. The lowest BCUT2D eigenvalue weighted by Gasteiger charge is -2.07. The molecular formula is C13H16O6. The van der Waals surface area contributed by atoms with E-state index in [0.717, 1.165) is 6.08 Å². The van der Waals surface area contributed by atoms with Crippen LogP contribution < -0.4 is 0 Å². The fourth-order valence-corrected chi connectivity index (χ4v) is 2.55. The van der Waals surface area contributed by atoms with Gasteiger partial charge in [0, 0.05) is 12.0 Å². The monoisotopic (exact) mass is 268 g/mol. The summed E-state index contributed by atoms with van der Waals surface area (Å²) < 4.78 is 4.66. The van der Waals surface area contributed by atoms with Crippen LogP contribution in [-0.4, -0.2) is 35.2 Å². The topological polar surface area (TPSA) is 97.7 Å². The van der Waals surface area contributed by atoms with Crippen molar-refractivity contribution in [2.45, 2.75) is 20.8 Å². The van der Waals surface area contributed by atoms with Crippen LogP contribution in [0.15, 0.2) is 12.2 Å². The third-order valence-corrected chi connectivity index (χ3v) is 3.42. The Hall–Kier alpha value is -1.98. The highest BCUT2D eigenvalue weighted by molar-refractivity contribution is 6.13. The van der Waals surface area contributed by atoms with Gasteiger partial charge in [0.05, 0.1) is 12.5 Å². The van der Waals surface area contributed by atoms with Gasteiger partial charge in [0.1, 0.15) is 17.0 Å². The lowest BCUT2D eigenvalue weighted by Crippen LogP contribution is -2.27. The molecule has 0 spiro atoms. The van der Waals surface area contributed by atoms with E-state index in [2.05, 4.69) is 4.74 Å². The third kappa shape index (κ3) is 2.43. The molecule has 0 heterocycles. The molecule has 0 bridgehead atoms. The Morgan fingerprint density at radius 3 is 2.05 bits per heavy atom. The molecule has 0 amide bonds. The van der Waals surface area contributed by atoms with Crippen LogP contribution in [0, 0.1) is 17.3 Å². The van der Waals surface area contributed by atoms with E-state index in [9.17, 15) is 19.2 Å². The Labute approximate surface area is 110 Å². The SMILES string of the molecule is CCOC(=O)C=CC1C(C(=O)O)C1(C(C)=O)C(C)=O. The molecule has 1 aliphatic rings. The van der Waals surface area contributed by atoms with Crippen molar-refractivity contribution >= 4 is 23.5 Å². The van der Waals surface area contributed by atoms with Gasteiger partial charge in [-0.3, -0.25) is 14.4 Å². The first-order chi connectivity index (χ1) is 8.79. The van der Waals surface area contributed by atoms with Gasteiger partial charge in [-0.15, -0.1) is 0 Å². The number of rotatable bonds is 6. The Morgan fingerprint density at radius 1 is 1.21 bits per heavy atom. The largest absolute Gasteiger partial charge is 0.481 e. The van der Waals surface area contributed by atoms with Gasteiger partial charge >= 0.3 is 11.9 Å². The first-order valence-corrected chi connectivity index (χ1v) is 5.89. The minimum Gasteiger partial charge on any atom is -0.481 e. The lowest BCUT2D eigenvalue weighted by molar-refractivity contribution is -0.144. The second-order valence-corrected chi connectivity index (χ2v) is 4.43. The summed E-state index contributed by atoms with van der Waals surface area (Å²) in [5.74, 6) is -4.72. The van der Waals surface area contributed by atoms with Crippen LogP contribution in [-0.2, 0) is 23.9 Å². The summed E-state index contributed by atoms with van der Waals surface area (Å²) in [4.78, 5) is 45.6. The molecule has 0 aromatic carbocycles. The van der Waals surface area contributed by atoms with Crippen LogP contribution in [0.25, 0.3) is 0 Å². The molecule has 1 N–H and O–H groups in total. The summed E-state index contributed by atoms with van der Waals surface area (Å²) in [5.41, 5.74) is -1.53. The van der Waals surface area contributed by atoms with Gasteiger partial charge in [-0.05, 0) is 20.8 Å². The molecular weight excluding hydrogens is 252 g/mol. The number of hydrogen-bond acceptors (Lipinski definition) is 5. The maximum atomic E-state index is 11.6. The molecule has 19 heavy (non-hydrogen) atoms. The summed E-state index contributed by atoms with van der Waals surface area (Å²) >= 11 is 0. The van der Waals surface area contributed by atoms with Crippen molar-refractivity contribution < 1.29 is 29.0 Å². The molecule has 2 unspecified atom stereocenters. The fraction of sp³-hybridized carbons (Fsp3) is 0.538. The number of carboxylic acids is 1. The van der Waals surface area contributed by atoms with Crippen molar-refractivity contribution in [1.82, 2.24) is 0 Å². The zero-order valence-electron chi connectivity index (χ0n) is 11.0. The smallest absolute Gasteiger partial charge is 0.330 e. The van der Waals surface area contributed by atoms with Gasteiger partial charge < -0.3 is 9.84 Å². The lowest BCUT2D eigenvalue weighted by atomic mass is 9.92. The standard InChI is InChI=1S/C13H16O6/c1-4-19-10(16)6-5-9-11(12(17)18)13(9,7(2)14)8(3)15/h5-6,9,11H,4H2,1-3H3,(H,17,18). The third-order valence-electron chi connectivity index (χ3n) is 3.42. The first kappa shape index (κ1) is 15.1. The average molecular weight is 268 g/mol. The molecule has 1 fully saturated rings. The van der Waals surface area contributed by atoms with Crippen LogP contribution in [0.2, 0.25) is 0 Å². The van der Waals surface area contributed by atoms with Crippen molar-refractivity contribution in [2.75, 3.05) is 6.61 Å². The van der Waals surface area contributed by atoms with Crippen LogP contribution in [0.5, 0.6) is 0 Å². The number of carboxylic acid groups (broad SMARTS) is 1. The Kier molecular flexibility index (Phi) is 4.24. The van der Waals surface area contributed by atoms with Crippen LogP contribution in [0.1, 0.15) is 20.8 Å². The predicted molar refractivity (Wildman–Crippen MR) is 64.2 cm³/mol. The Bertz CT molecular complexity index is 448. The number of aliphatic carboxylic acids is 1. The van der Waals surface area contributed by atoms with Crippen molar-refractivity contribution in [2.24, 2.45) is 17.3 Å². The van der Waals surface area contributed by atoms with E-state index in [0.29, 0.717) is 0 Å². The fourth-order valence-electron chi connectivity index (χ4n) is 2.55. The molecule has 6 heteroatoms. The minimum atomic E-state index is -1.53. The first-order valence-electron chi connectivity index (χ1n) is 5.89. The number of carbonyl (C=O) groups excluding carboxylic acids is 3. The molecule has 0 aliphatic heterocycles. The molecule has 2 atom stereocenters. The maximum absolute atomic E-state index is 11.6. The second kappa shape index (κ2) is 5.34. The summed E-state index contributed by atoms with van der Waals surface area (Å²) in [5, 5.41) is 9.07. The van der Waals surface area contributed by atoms with E-state index in [-0.39, 0.29) is 6.61 Å². The zero-order valence-corrected chi connectivity index (χ0v) is 11.0. The number of ether oxygens (including phenoxy) is 1. The molecule has 1 aliphatic carbocycles. The zero-order chi connectivity index (χ0) is 14.8. The van der Waals surface area contributed by atoms with Crippen molar-refractivity contribution in [3.8, 4) is 0 Å². The molecule has 0 aromatic rings. The van der Waals surface area contributed by atoms with Crippen molar-refractivity contribution in [1.29, 1.82) is 0 Å². The van der Waals surface area contributed by atoms with Gasteiger partial charge in [-0.1, -0.05) is 6.08 Å².